The van der Waals surface area contributed by atoms with Gasteiger partial charge in [0.15, 0.2) is 5.58 Å². The van der Waals surface area contributed by atoms with Crippen LogP contribution < -0.4 is 0 Å². The summed E-state index contributed by atoms with van der Waals surface area (Å²) in [6.45, 7) is 0. The van der Waals surface area contributed by atoms with E-state index in [0.29, 0.717) is 5.39 Å². The van der Waals surface area contributed by atoms with Crippen LogP contribution in [0.3, 0.4) is 0 Å². The van der Waals surface area contributed by atoms with E-state index in [2.05, 4.69) is 9.68 Å². The summed E-state index contributed by atoms with van der Waals surface area (Å²) < 4.78 is 41.1. The van der Waals surface area contributed by atoms with Crippen LogP contribution in [0, 0.1) is 0 Å². The van der Waals surface area contributed by atoms with E-state index in [-0.39, 0.29) is 22.6 Å². The van der Waals surface area contributed by atoms with Gasteiger partial charge in [0.05, 0.1) is 11.8 Å². The number of nitrogens with zero attached hydrogens (tertiary/aromatic N) is 1. The number of rotatable bonds is 0. The van der Waals surface area contributed by atoms with Crippen molar-refractivity contribution >= 4 is 28.0 Å². The van der Waals surface area contributed by atoms with Crippen LogP contribution in [0.25, 0.3) is 11.0 Å². The van der Waals surface area contributed by atoms with Gasteiger partial charge in [-0.1, -0.05) is 5.16 Å². The van der Waals surface area contributed by atoms with E-state index in [9.17, 15) is 13.2 Å². The summed E-state index contributed by atoms with van der Waals surface area (Å²) in [7, 11) is 0. The zero-order valence-corrected chi connectivity index (χ0v) is 8.42. The Kier molecular flexibility index (Phi) is 2.84. The molecule has 14 heavy (non-hydrogen) atoms. The first-order valence-corrected chi connectivity index (χ1v) is 3.49. The van der Waals surface area contributed by atoms with Crippen molar-refractivity contribution in [2.45, 2.75) is 6.18 Å². The molecule has 1 heterocycles. The molecular weight excluding hydrogens is 263 g/mol. The SMILES string of the molecule is Br.FC(F)(F)c1ccc2cnoc2c1. The fourth-order valence-electron chi connectivity index (χ4n) is 1.04. The van der Waals surface area contributed by atoms with E-state index >= 15 is 0 Å². The highest BCUT2D eigenvalue weighted by Gasteiger charge is 2.30. The molecule has 1 aromatic carbocycles. The van der Waals surface area contributed by atoms with Gasteiger partial charge in [-0.2, -0.15) is 13.2 Å². The Hall–Kier alpha value is -1.04. The molecule has 0 aliphatic rings. The Balaban J connectivity index is 0.000000980. The van der Waals surface area contributed by atoms with Crippen LogP contribution >= 0.6 is 17.0 Å². The van der Waals surface area contributed by atoms with Crippen molar-refractivity contribution in [3.05, 3.63) is 30.0 Å². The van der Waals surface area contributed by atoms with Crippen LogP contribution in [-0.2, 0) is 6.18 Å². The highest BCUT2D eigenvalue weighted by atomic mass is 79.9. The van der Waals surface area contributed by atoms with Gasteiger partial charge in [-0.05, 0) is 18.2 Å². The molecule has 0 saturated heterocycles. The molecule has 0 amide bonds. The molecule has 2 rings (SSSR count). The zero-order valence-electron chi connectivity index (χ0n) is 6.71. The first kappa shape index (κ1) is 11.0. The lowest BCUT2D eigenvalue weighted by Gasteiger charge is -2.04. The second-order valence-corrected chi connectivity index (χ2v) is 2.58. The third-order valence-corrected chi connectivity index (χ3v) is 1.68. The van der Waals surface area contributed by atoms with E-state index in [1.54, 1.807) is 0 Å². The van der Waals surface area contributed by atoms with Gasteiger partial charge in [0.1, 0.15) is 0 Å². The summed E-state index contributed by atoms with van der Waals surface area (Å²) >= 11 is 0. The van der Waals surface area contributed by atoms with Crippen molar-refractivity contribution in [3.8, 4) is 0 Å². The van der Waals surface area contributed by atoms with Gasteiger partial charge in [-0.3, -0.25) is 0 Å². The number of hydrogen-bond donors (Lipinski definition) is 0. The van der Waals surface area contributed by atoms with Crippen molar-refractivity contribution in [1.29, 1.82) is 0 Å². The van der Waals surface area contributed by atoms with Gasteiger partial charge in [0.25, 0.3) is 0 Å². The number of fused-ring (bicyclic) bond motifs is 1. The average Bonchev–Trinajstić information content (AvgIpc) is 2.47. The van der Waals surface area contributed by atoms with Crippen LogP contribution in [0.5, 0.6) is 0 Å². The summed E-state index contributed by atoms with van der Waals surface area (Å²) in [5.41, 5.74) is -0.577. The molecular formula is C8H5BrF3NO. The minimum Gasteiger partial charge on any atom is -0.356 e. The summed E-state index contributed by atoms with van der Waals surface area (Å²) in [5.74, 6) is 0. The van der Waals surface area contributed by atoms with E-state index in [1.807, 2.05) is 0 Å². The highest BCUT2D eigenvalue weighted by Crippen LogP contribution is 2.31. The number of alkyl halides is 3. The minimum absolute atomic E-state index is 0. The van der Waals surface area contributed by atoms with Gasteiger partial charge < -0.3 is 4.52 Å². The summed E-state index contributed by atoms with van der Waals surface area (Å²) in [5, 5.41) is 3.95. The van der Waals surface area contributed by atoms with Crippen LogP contribution in [0.4, 0.5) is 13.2 Å². The molecule has 0 fully saturated rings. The molecule has 6 heteroatoms. The predicted molar refractivity (Wildman–Crippen MR) is 49.3 cm³/mol. The average molecular weight is 268 g/mol. The molecule has 1 aromatic heterocycles. The topological polar surface area (TPSA) is 26.0 Å². The number of aromatic nitrogens is 1. The van der Waals surface area contributed by atoms with Crippen LogP contribution in [0.1, 0.15) is 5.56 Å². The second-order valence-electron chi connectivity index (χ2n) is 2.58. The van der Waals surface area contributed by atoms with Crippen LogP contribution in [-0.4, -0.2) is 5.16 Å². The Labute approximate surface area is 87.5 Å². The Bertz CT molecular complexity index is 437. The first-order chi connectivity index (χ1) is 6.07. The quantitative estimate of drug-likeness (QED) is 0.731. The van der Waals surface area contributed by atoms with Crippen LogP contribution in [0.2, 0.25) is 0 Å². The van der Waals surface area contributed by atoms with E-state index in [4.69, 9.17) is 0 Å². The molecule has 0 aliphatic carbocycles. The Morgan fingerprint density at radius 1 is 1.21 bits per heavy atom. The van der Waals surface area contributed by atoms with Crippen molar-refractivity contribution in [3.63, 3.8) is 0 Å². The fraction of sp³-hybridized carbons (Fsp3) is 0.125. The fourth-order valence-corrected chi connectivity index (χ4v) is 1.04. The van der Waals surface area contributed by atoms with Crippen molar-refractivity contribution in [2.24, 2.45) is 0 Å². The van der Waals surface area contributed by atoms with Crippen LogP contribution in [0.15, 0.2) is 28.9 Å². The lowest BCUT2D eigenvalue weighted by Crippen LogP contribution is -2.03. The molecule has 76 valence electrons. The molecule has 0 N–H and O–H groups in total. The smallest absolute Gasteiger partial charge is 0.356 e. The molecule has 0 spiro atoms. The predicted octanol–water partition coefficient (Wildman–Crippen LogP) is 3.42. The molecule has 0 unspecified atom stereocenters. The third-order valence-electron chi connectivity index (χ3n) is 1.68. The van der Waals surface area contributed by atoms with Crippen molar-refractivity contribution in [2.75, 3.05) is 0 Å². The molecule has 0 aliphatic heterocycles. The van der Waals surface area contributed by atoms with Gasteiger partial charge >= 0.3 is 6.18 Å². The van der Waals surface area contributed by atoms with Crippen molar-refractivity contribution in [1.82, 2.24) is 5.16 Å². The maximum atomic E-state index is 12.2. The second kappa shape index (κ2) is 3.61. The first-order valence-electron chi connectivity index (χ1n) is 3.49. The Morgan fingerprint density at radius 2 is 1.93 bits per heavy atom. The van der Waals surface area contributed by atoms with Gasteiger partial charge in [-0.25, -0.2) is 0 Å². The molecule has 0 radical (unpaired) electrons. The molecule has 0 atom stereocenters. The molecule has 2 aromatic rings. The third kappa shape index (κ3) is 1.89. The summed E-state index contributed by atoms with van der Waals surface area (Å²) in [6.07, 6.45) is -2.96. The Morgan fingerprint density at radius 3 is 2.57 bits per heavy atom. The molecule has 0 bridgehead atoms. The number of hydrogen-bond acceptors (Lipinski definition) is 2. The van der Waals surface area contributed by atoms with Gasteiger partial charge in [0.2, 0.25) is 0 Å². The lowest BCUT2D eigenvalue weighted by molar-refractivity contribution is -0.137. The largest absolute Gasteiger partial charge is 0.416 e. The molecule has 2 nitrogen and oxygen atoms in total. The van der Waals surface area contributed by atoms with E-state index in [0.717, 1.165) is 12.1 Å². The lowest BCUT2D eigenvalue weighted by atomic mass is 10.2. The molecule has 0 saturated carbocycles. The van der Waals surface area contributed by atoms with Crippen molar-refractivity contribution < 1.29 is 17.7 Å². The zero-order chi connectivity index (χ0) is 9.47. The number of benzene rings is 1. The normalized spacial score (nSPS) is 11.4. The highest BCUT2D eigenvalue weighted by molar-refractivity contribution is 8.93. The summed E-state index contributed by atoms with van der Waals surface area (Å²) in [6, 6.07) is 3.26. The maximum Gasteiger partial charge on any atom is 0.416 e. The minimum atomic E-state index is -4.33. The van der Waals surface area contributed by atoms with E-state index < -0.39 is 11.7 Å². The summed E-state index contributed by atoms with van der Waals surface area (Å²) in [4.78, 5) is 0. The van der Waals surface area contributed by atoms with Gasteiger partial charge in [0, 0.05) is 5.39 Å². The maximum absolute atomic E-state index is 12.2. The van der Waals surface area contributed by atoms with Gasteiger partial charge in [-0.15, -0.1) is 17.0 Å². The van der Waals surface area contributed by atoms with E-state index in [1.165, 1.54) is 12.3 Å². The number of halogens is 4. The monoisotopic (exact) mass is 267 g/mol. The standard InChI is InChI=1S/C8H4F3NO.BrH/c9-8(10,11)6-2-1-5-4-12-13-7(5)3-6;/h1-4H;1H.